The molecule has 0 fully saturated rings. The summed E-state index contributed by atoms with van der Waals surface area (Å²) in [5.74, 6) is 0.392. The lowest BCUT2D eigenvalue weighted by atomic mass is 10.1. The fourth-order valence-electron chi connectivity index (χ4n) is 4.03. The number of pyridine rings is 1. The van der Waals surface area contributed by atoms with E-state index in [0.29, 0.717) is 5.69 Å². The van der Waals surface area contributed by atoms with E-state index < -0.39 is 0 Å². The minimum absolute atomic E-state index is 0.301. The van der Waals surface area contributed by atoms with Gasteiger partial charge in [-0.25, -0.2) is 10.4 Å². The molecule has 2 aromatic heterocycles. The second-order valence-corrected chi connectivity index (χ2v) is 7.67. The normalized spacial score (nSPS) is 11.3. The van der Waals surface area contributed by atoms with Crippen LogP contribution in [0.4, 0.5) is 0 Å². The number of rotatable bonds is 5. The molecule has 0 atom stereocenters. The Labute approximate surface area is 191 Å². The molecular weight excluding hydrogens is 412 g/mol. The monoisotopic (exact) mass is 434 g/mol. The van der Waals surface area contributed by atoms with Crippen LogP contribution in [0.15, 0.2) is 90.0 Å². The zero-order valence-electron chi connectivity index (χ0n) is 18.3. The minimum atomic E-state index is -0.369. The van der Waals surface area contributed by atoms with Gasteiger partial charge in [0.1, 0.15) is 11.4 Å². The molecule has 162 valence electrons. The number of ether oxygens (including phenoxy) is 1. The number of aromatic nitrogens is 2. The molecule has 3 aromatic carbocycles. The van der Waals surface area contributed by atoms with Crippen LogP contribution in [0, 0.1) is 0 Å². The molecular formula is C27H22N4O2. The third kappa shape index (κ3) is 3.83. The van der Waals surface area contributed by atoms with Crippen molar-refractivity contribution in [3.05, 3.63) is 96.2 Å². The Morgan fingerprint density at radius 2 is 1.70 bits per heavy atom. The molecule has 1 amide bonds. The molecule has 0 aliphatic carbocycles. The van der Waals surface area contributed by atoms with E-state index in [4.69, 9.17) is 9.72 Å². The minimum Gasteiger partial charge on any atom is -0.497 e. The van der Waals surface area contributed by atoms with E-state index in [0.717, 1.165) is 44.4 Å². The van der Waals surface area contributed by atoms with Crippen LogP contribution in [0.5, 0.6) is 5.75 Å². The van der Waals surface area contributed by atoms with Gasteiger partial charge >= 0.3 is 0 Å². The molecule has 5 aromatic rings. The summed E-state index contributed by atoms with van der Waals surface area (Å²) in [6, 6.07) is 27.2. The molecule has 0 spiro atoms. The molecule has 0 unspecified atom stereocenters. The number of hydrazone groups is 1. The summed E-state index contributed by atoms with van der Waals surface area (Å²) in [6.45, 7) is 0. The van der Waals surface area contributed by atoms with Crippen LogP contribution in [0.25, 0.3) is 33.1 Å². The Morgan fingerprint density at radius 1 is 0.970 bits per heavy atom. The summed E-state index contributed by atoms with van der Waals surface area (Å²) in [7, 11) is 3.65. The summed E-state index contributed by atoms with van der Waals surface area (Å²) >= 11 is 0. The van der Waals surface area contributed by atoms with Crippen molar-refractivity contribution in [1.82, 2.24) is 15.0 Å². The maximum Gasteiger partial charge on any atom is 0.289 e. The largest absolute Gasteiger partial charge is 0.497 e. The molecule has 0 radical (unpaired) electrons. The van der Waals surface area contributed by atoms with Crippen molar-refractivity contribution >= 4 is 33.9 Å². The van der Waals surface area contributed by atoms with Crippen molar-refractivity contribution in [2.75, 3.05) is 7.11 Å². The van der Waals surface area contributed by atoms with Crippen molar-refractivity contribution in [3.8, 4) is 17.0 Å². The van der Waals surface area contributed by atoms with Gasteiger partial charge < -0.3 is 9.30 Å². The molecule has 0 saturated heterocycles. The standard InChI is InChI=1S/C27H22N4O2/c1-31-24-11-7-6-10-21(24)22-16-23(27(32)30-28-17-18-8-4-3-5-9-18)29-25(26(22)31)19-12-14-20(33-2)15-13-19/h3-17H,1-2H3,(H,30,32)/b28-17+. The smallest absolute Gasteiger partial charge is 0.289 e. The summed E-state index contributed by atoms with van der Waals surface area (Å²) in [5.41, 5.74) is 7.47. The lowest BCUT2D eigenvalue weighted by Crippen LogP contribution is -2.19. The molecule has 0 aliphatic rings. The van der Waals surface area contributed by atoms with Crippen LogP contribution in [-0.2, 0) is 7.05 Å². The second-order valence-electron chi connectivity index (χ2n) is 7.67. The zero-order chi connectivity index (χ0) is 22.8. The van der Waals surface area contributed by atoms with Crippen molar-refractivity contribution < 1.29 is 9.53 Å². The Balaban J connectivity index is 1.62. The number of carbonyl (C=O) groups excluding carboxylic acids is 1. The molecule has 5 rings (SSSR count). The highest BCUT2D eigenvalue weighted by Gasteiger charge is 2.19. The van der Waals surface area contributed by atoms with Gasteiger partial charge in [0.05, 0.1) is 24.5 Å². The number of hydrogen-bond donors (Lipinski definition) is 1. The van der Waals surface area contributed by atoms with Crippen LogP contribution < -0.4 is 10.2 Å². The van der Waals surface area contributed by atoms with Gasteiger partial charge in [0.15, 0.2) is 0 Å². The van der Waals surface area contributed by atoms with E-state index in [1.165, 1.54) is 0 Å². The zero-order valence-corrected chi connectivity index (χ0v) is 18.3. The van der Waals surface area contributed by atoms with Gasteiger partial charge in [-0.05, 0) is 42.0 Å². The third-order valence-electron chi connectivity index (χ3n) is 5.66. The van der Waals surface area contributed by atoms with Crippen LogP contribution in [-0.4, -0.2) is 28.8 Å². The Morgan fingerprint density at radius 3 is 2.45 bits per heavy atom. The summed E-state index contributed by atoms with van der Waals surface area (Å²) in [4.78, 5) is 17.8. The SMILES string of the molecule is COc1ccc(-c2nc(C(=O)N/N=C/c3ccccc3)cc3c4ccccc4n(C)c23)cc1. The third-order valence-corrected chi connectivity index (χ3v) is 5.66. The predicted molar refractivity (Wildman–Crippen MR) is 132 cm³/mol. The van der Waals surface area contributed by atoms with Gasteiger partial charge in [-0.2, -0.15) is 5.10 Å². The maximum absolute atomic E-state index is 13.0. The molecule has 33 heavy (non-hydrogen) atoms. The number of hydrogen-bond acceptors (Lipinski definition) is 4. The van der Waals surface area contributed by atoms with E-state index in [1.807, 2.05) is 79.8 Å². The fraction of sp³-hybridized carbons (Fsp3) is 0.0741. The Hall–Kier alpha value is -4.45. The van der Waals surface area contributed by atoms with E-state index >= 15 is 0 Å². The first-order valence-electron chi connectivity index (χ1n) is 10.6. The molecule has 6 nitrogen and oxygen atoms in total. The molecule has 1 N–H and O–H groups in total. The molecule has 0 aliphatic heterocycles. The first-order valence-corrected chi connectivity index (χ1v) is 10.6. The highest BCUT2D eigenvalue weighted by molar-refractivity contribution is 6.13. The maximum atomic E-state index is 13.0. The fourth-order valence-corrected chi connectivity index (χ4v) is 4.03. The van der Waals surface area contributed by atoms with Gasteiger partial charge in [0.2, 0.25) is 0 Å². The number of nitrogens with zero attached hydrogens (tertiary/aromatic N) is 3. The van der Waals surface area contributed by atoms with E-state index in [9.17, 15) is 4.79 Å². The quantitative estimate of drug-likeness (QED) is 0.307. The van der Waals surface area contributed by atoms with Gasteiger partial charge in [-0.15, -0.1) is 0 Å². The summed E-state index contributed by atoms with van der Waals surface area (Å²) in [6.07, 6.45) is 1.61. The summed E-state index contributed by atoms with van der Waals surface area (Å²) in [5, 5.41) is 6.13. The Kier molecular flexibility index (Phi) is 5.32. The average molecular weight is 434 g/mol. The first kappa shape index (κ1) is 20.5. The van der Waals surface area contributed by atoms with E-state index in [2.05, 4.69) is 27.2 Å². The van der Waals surface area contributed by atoms with Crippen molar-refractivity contribution in [1.29, 1.82) is 0 Å². The highest BCUT2D eigenvalue weighted by Crippen LogP contribution is 2.35. The van der Waals surface area contributed by atoms with Crippen molar-refractivity contribution in [3.63, 3.8) is 0 Å². The number of benzene rings is 3. The van der Waals surface area contributed by atoms with Crippen molar-refractivity contribution in [2.45, 2.75) is 0 Å². The number of amides is 1. The Bertz CT molecular complexity index is 1490. The lowest BCUT2D eigenvalue weighted by Gasteiger charge is -2.09. The summed E-state index contributed by atoms with van der Waals surface area (Å²) < 4.78 is 7.42. The number of carbonyl (C=O) groups is 1. The molecule has 2 heterocycles. The molecule has 6 heteroatoms. The number of nitrogens with one attached hydrogen (secondary N) is 1. The van der Waals surface area contributed by atoms with Gasteiger partial charge in [0, 0.05) is 28.9 Å². The van der Waals surface area contributed by atoms with Crippen molar-refractivity contribution in [2.24, 2.45) is 12.1 Å². The van der Waals surface area contributed by atoms with Crippen LogP contribution in [0.3, 0.4) is 0 Å². The molecule has 0 bridgehead atoms. The average Bonchev–Trinajstić information content (AvgIpc) is 3.16. The van der Waals surface area contributed by atoms with E-state index in [-0.39, 0.29) is 5.91 Å². The van der Waals surface area contributed by atoms with Gasteiger partial charge in [-0.1, -0.05) is 48.5 Å². The first-order chi connectivity index (χ1) is 16.2. The van der Waals surface area contributed by atoms with Gasteiger partial charge in [-0.3, -0.25) is 4.79 Å². The number of fused-ring (bicyclic) bond motifs is 3. The lowest BCUT2D eigenvalue weighted by molar-refractivity contribution is 0.0950. The topological polar surface area (TPSA) is 68.5 Å². The van der Waals surface area contributed by atoms with Crippen LogP contribution >= 0.6 is 0 Å². The number of aryl methyl sites for hydroxylation is 1. The van der Waals surface area contributed by atoms with Crippen LogP contribution in [0.1, 0.15) is 16.1 Å². The van der Waals surface area contributed by atoms with E-state index in [1.54, 1.807) is 13.3 Å². The second kappa shape index (κ2) is 8.59. The predicted octanol–water partition coefficient (Wildman–Crippen LogP) is 5.17. The van der Waals surface area contributed by atoms with Gasteiger partial charge in [0.25, 0.3) is 5.91 Å². The number of methoxy groups -OCH3 is 1. The molecule has 0 saturated carbocycles. The highest BCUT2D eigenvalue weighted by atomic mass is 16.5. The number of para-hydroxylation sites is 1. The van der Waals surface area contributed by atoms with Crippen LogP contribution in [0.2, 0.25) is 0 Å².